The Bertz CT molecular complexity index is 783. The molecule has 2 aromatic rings. The molecule has 1 aromatic carbocycles. The molecule has 0 bridgehead atoms. The fourth-order valence-corrected chi connectivity index (χ4v) is 3.36. The maximum atomic E-state index is 11.3. The van der Waals surface area contributed by atoms with Gasteiger partial charge in [-0.05, 0) is 19.1 Å². The Morgan fingerprint density at radius 2 is 1.92 bits per heavy atom. The molecule has 140 valence electrons. The Balaban J connectivity index is 2.02. The van der Waals surface area contributed by atoms with Crippen LogP contribution in [0.2, 0.25) is 0 Å². The van der Waals surface area contributed by atoms with Crippen molar-refractivity contribution in [1.82, 2.24) is 4.57 Å². The molecule has 1 aromatic heterocycles. The van der Waals surface area contributed by atoms with Gasteiger partial charge in [0, 0.05) is 24.7 Å². The Hall–Kier alpha value is -3.03. The molecule has 0 spiro atoms. The first-order valence-corrected chi connectivity index (χ1v) is 8.35. The first kappa shape index (κ1) is 17.8. The number of carboxylic acid groups (broad SMARTS) is 1. The number of fused-ring (bicyclic) bond motifs is 1. The minimum atomic E-state index is -0.978. The third-order valence-corrected chi connectivity index (χ3v) is 4.60. The molecule has 0 saturated carbocycles. The maximum Gasteiger partial charge on any atom is 0.307 e. The van der Waals surface area contributed by atoms with E-state index in [9.17, 15) is 20.1 Å². The summed E-state index contributed by atoms with van der Waals surface area (Å²) in [5.41, 5.74) is 0.782. The van der Waals surface area contributed by atoms with Gasteiger partial charge in [-0.25, -0.2) is 0 Å². The van der Waals surface area contributed by atoms with Crippen molar-refractivity contribution in [3.05, 3.63) is 30.3 Å². The van der Waals surface area contributed by atoms with Gasteiger partial charge in [0.15, 0.2) is 11.8 Å². The summed E-state index contributed by atoms with van der Waals surface area (Å²) in [5.74, 6) is 0.0751. The van der Waals surface area contributed by atoms with E-state index in [0.29, 0.717) is 18.0 Å². The van der Waals surface area contributed by atoms with Crippen molar-refractivity contribution in [2.45, 2.75) is 32.0 Å². The predicted molar refractivity (Wildman–Crippen MR) is 94.2 cm³/mol. The summed E-state index contributed by atoms with van der Waals surface area (Å²) in [6, 6.07) is 7.72. The number of methoxy groups -OCH3 is 1. The number of likely N-dealkylation sites (N-methyl/N-ethyl adjacent to an activating group) is 1. The first-order chi connectivity index (χ1) is 12.4. The Morgan fingerprint density at radius 3 is 2.50 bits per heavy atom. The van der Waals surface area contributed by atoms with Crippen LogP contribution in [0, 0.1) is 0 Å². The zero-order chi connectivity index (χ0) is 18.8. The van der Waals surface area contributed by atoms with Crippen molar-refractivity contribution in [3.8, 4) is 23.3 Å². The van der Waals surface area contributed by atoms with Crippen molar-refractivity contribution >= 4 is 11.7 Å². The summed E-state index contributed by atoms with van der Waals surface area (Å²) in [6.45, 7) is 2.72. The Morgan fingerprint density at radius 1 is 1.23 bits per heavy atom. The highest BCUT2D eigenvalue weighted by Gasteiger charge is 2.37. The summed E-state index contributed by atoms with van der Waals surface area (Å²) in [4.78, 5) is 13.3. The molecule has 1 aliphatic rings. The predicted octanol–water partition coefficient (Wildman–Crippen LogP) is 2.04. The number of hydrogen-bond donors (Lipinski definition) is 3. The second kappa shape index (κ2) is 7.07. The molecule has 2 atom stereocenters. The van der Waals surface area contributed by atoms with E-state index in [1.54, 1.807) is 19.2 Å². The van der Waals surface area contributed by atoms with Gasteiger partial charge in [0.1, 0.15) is 17.6 Å². The van der Waals surface area contributed by atoms with E-state index in [1.165, 1.54) is 16.7 Å². The average Bonchev–Trinajstić information content (AvgIpc) is 2.93. The van der Waals surface area contributed by atoms with Crippen LogP contribution in [-0.4, -0.2) is 51.7 Å². The summed E-state index contributed by atoms with van der Waals surface area (Å²) in [6.07, 6.45) is -0.843. The zero-order valence-electron chi connectivity index (χ0n) is 14.6. The van der Waals surface area contributed by atoms with E-state index >= 15 is 0 Å². The van der Waals surface area contributed by atoms with Crippen LogP contribution < -0.4 is 14.4 Å². The lowest BCUT2D eigenvalue weighted by molar-refractivity contribution is -0.139. The minimum Gasteiger partial charge on any atom is -0.497 e. The van der Waals surface area contributed by atoms with Gasteiger partial charge in [0.2, 0.25) is 0 Å². The van der Waals surface area contributed by atoms with Crippen LogP contribution in [0.5, 0.6) is 23.3 Å². The number of ether oxygens (including phenoxy) is 2. The van der Waals surface area contributed by atoms with Gasteiger partial charge in [-0.3, -0.25) is 9.36 Å². The van der Waals surface area contributed by atoms with E-state index < -0.39 is 18.1 Å². The number of aromatic nitrogens is 1. The fourth-order valence-electron chi connectivity index (χ4n) is 3.36. The van der Waals surface area contributed by atoms with Crippen LogP contribution in [0.1, 0.15) is 13.3 Å². The first-order valence-electron chi connectivity index (χ1n) is 8.35. The number of nitrogens with zero attached hydrogens (tertiary/aromatic N) is 2. The van der Waals surface area contributed by atoms with Crippen LogP contribution in [0.15, 0.2) is 30.3 Å². The van der Waals surface area contributed by atoms with Crippen molar-refractivity contribution in [2.24, 2.45) is 0 Å². The molecule has 26 heavy (non-hydrogen) atoms. The van der Waals surface area contributed by atoms with Crippen LogP contribution >= 0.6 is 0 Å². The summed E-state index contributed by atoms with van der Waals surface area (Å²) >= 11 is 0. The summed E-state index contributed by atoms with van der Waals surface area (Å²) in [5, 5.41) is 29.2. The topological polar surface area (TPSA) is 104 Å². The molecule has 0 fully saturated rings. The smallest absolute Gasteiger partial charge is 0.307 e. The molecule has 8 nitrogen and oxygen atoms in total. The van der Waals surface area contributed by atoms with E-state index in [0.717, 1.165) is 5.69 Å². The molecular weight excluding hydrogens is 340 g/mol. The molecule has 8 heteroatoms. The van der Waals surface area contributed by atoms with E-state index in [2.05, 4.69) is 0 Å². The molecule has 0 saturated heterocycles. The van der Waals surface area contributed by atoms with Gasteiger partial charge in [-0.1, -0.05) is 0 Å². The van der Waals surface area contributed by atoms with Crippen LogP contribution in [0.3, 0.4) is 0 Å². The molecule has 2 heterocycles. The molecular formula is C18H22N2O6. The molecule has 3 N–H and O–H groups in total. The number of aliphatic carboxylic acids is 1. The van der Waals surface area contributed by atoms with E-state index in [1.807, 2.05) is 17.9 Å². The third-order valence-electron chi connectivity index (χ3n) is 4.60. The molecule has 0 amide bonds. The average molecular weight is 362 g/mol. The van der Waals surface area contributed by atoms with Gasteiger partial charge in [-0.15, -0.1) is 0 Å². The van der Waals surface area contributed by atoms with Gasteiger partial charge >= 0.3 is 5.97 Å². The van der Waals surface area contributed by atoms with Gasteiger partial charge < -0.3 is 29.7 Å². The number of aromatic hydroxyl groups is 2. The van der Waals surface area contributed by atoms with Gasteiger partial charge in [0.25, 0.3) is 0 Å². The monoisotopic (exact) mass is 362 g/mol. The van der Waals surface area contributed by atoms with Crippen molar-refractivity contribution in [2.75, 3.05) is 18.6 Å². The lowest BCUT2D eigenvalue weighted by atomic mass is 10.0. The molecule has 1 aliphatic heterocycles. The largest absolute Gasteiger partial charge is 0.497 e. The number of anilines is 1. The van der Waals surface area contributed by atoms with Crippen LogP contribution in [0.25, 0.3) is 0 Å². The quantitative estimate of drug-likeness (QED) is 0.722. The maximum absolute atomic E-state index is 11.3. The zero-order valence-corrected chi connectivity index (χ0v) is 14.6. The SMILES string of the molecule is CCN1c2cc(OC)ccc2OC(CC(=O)O)C1Cn1c(O)ccc1O. The van der Waals surface area contributed by atoms with Gasteiger partial charge in [-0.2, -0.15) is 0 Å². The minimum absolute atomic E-state index is 0.0935. The number of carbonyl (C=O) groups is 1. The van der Waals surface area contributed by atoms with Crippen LogP contribution in [0.4, 0.5) is 5.69 Å². The Labute approximate surface area is 150 Å². The number of benzene rings is 1. The summed E-state index contributed by atoms with van der Waals surface area (Å²) in [7, 11) is 1.57. The molecule has 0 aliphatic carbocycles. The highest BCUT2D eigenvalue weighted by Crippen LogP contribution is 2.40. The molecule has 0 radical (unpaired) electrons. The molecule has 2 unspecified atom stereocenters. The van der Waals surface area contributed by atoms with Crippen LogP contribution in [-0.2, 0) is 11.3 Å². The highest BCUT2D eigenvalue weighted by molar-refractivity contribution is 5.69. The number of hydrogen-bond acceptors (Lipinski definition) is 6. The summed E-state index contributed by atoms with van der Waals surface area (Å²) < 4.78 is 12.6. The van der Waals surface area contributed by atoms with E-state index in [4.69, 9.17) is 9.47 Å². The third kappa shape index (κ3) is 3.22. The normalized spacial score (nSPS) is 18.9. The lowest BCUT2D eigenvalue weighted by Crippen LogP contribution is -2.52. The lowest BCUT2D eigenvalue weighted by Gasteiger charge is -2.43. The van der Waals surface area contributed by atoms with Crippen molar-refractivity contribution in [3.63, 3.8) is 0 Å². The number of carboxylic acids is 1. The molecule has 3 rings (SSSR count). The number of rotatable bonds is 6. The van der Waals surface area contributed by atoms with Gasteiger partial charge in [0.05, 0.1) is 31.8 Å². The van der Waals surface area contributed by atoms with E-state index in [-0.39, 0.29) is 24.7 Å². The standard InChI is InChI=1S/C18H22N2O6/c1-3-19-12-8-11(25-2)4-5-14(12)26-15(9-18(23)24)13(19)10-20-16(21)6-7-17(20)22/h4-8,13,15,21-22H,3,9-10H2,1-2H3,(H,23,24). The second-order valence-electron chi connectivity index (χ2n) is 6.10. The Kier molecular flexibility index (Phi) is 4.83. The van der Waals surface area contributed by atoms with Crippen molar-refractivity contribution < 1.29 is 29.6 Å². The highest BCUT2D eigenvalue weighted by atomic mass is 16.5. The van der Waals surface area contributed by atoms with Crippen molar-refractivity contribution in [1.29, 1.82) is 0 Å². The second-order valence-corrected chi connectivity index (χ2v) is 6.10. The fraction of sp³-hybridized carbons (Fsp3) is 0.389.